The van der Waals surface area contributed by atoms with Crippen molar-refractivity contribution in [3.05, 3.63) is 10.8 Å². The molecule has 0 radical (unpaired) electrons. The predicted octanol–water partition coefficient (Wildman–Crippen LogP) is 1.78. The molecule has 1 aliphatic rings. The number of carbonyl (C=O) groups excluding carboxylic acids is 1. The molecule has 0 saturated carbocycles. The lowest BCUT2D eigenvalue weighted by atomic mass is 10.1. The lowest BCUT2D eigenvalue weighted by Gasteiger charge is -2.36. The molecule has 2 rings (SSSR count). The van der Waals surface area contributed by atoms with Crippen LogP contribution in [0.3, 0.4) is 0 Å². The molecule has 1 saturated heterocycles. The second-order valence-electron chi connectivity index (χ2n) is 4.70. The normalized spacial score (nSPS) is 18.9. The van der Waals surface area contributed by atoms with Crippen LogP contribution in [0.5, 0.6) is 0 Å². The van der Waals surface area contributed by atoms with Crippen LogP contribution in [0.2, 0.25) is 0 Å². The van der Waals surface area contributed by atoms with Crippen molar-refractivity contribution in [3.63, 3.8) is 0 Å². The van der Waals surface area contributed by atoms with Crippen molar-refractivity contribution in [1.29, 1.82) is 0 Å². The highest BCUT2D eigenvalue weighted by Crippen LogP contribution is 2.31. The third-order valence-corrected chi connectivity index (χ3v) is 4.03. The number of piperazine rings is 1. The maximum atomic E-state index is 12.0. The van der Waals surface area contributed by atoms with Gasteiger partial charge in [0.15, 0.2) is 0 Å². The van der Waals surface area contributed by atoms with Crippen molar-refractivity contribution >= 4 is 33.5 Å². The lowest BCUT2D eigenvalue weighted by Crippen LogP contribution is -2.55. The molecule has 1 aromatic rings. The van der Waals surface area contributed by atoms with Gasteiger partial charge < -0.3 is 15.5 Å². The number of hydrogen-bond acceptors (Lipinski definition) is 5. The lowest BCUT2D eigenvalue weighted by molar-refractivity contribution is -0.123. The highest BCUT2D eigenvalue weighted by atomic mass is 79.9. The van der Waals surface area contributed by atoms with E-state index in [9.17, 15) is 4.79 Å². The average Bonchev–Trinajstić information content (AvgIpc) is 2.46. The number of nitrogens with zero attached hydrogens (tertiary/aromatic N) is 3. The Hall–Kier alpha value is -1.37. The number of aromatic nitrogens is 2. The van der Waals surface area contributed by atoms with Crippen LogP contribution < -0.4 is 15.5 Å². The van der Waals surface area contributed by atoms with Gasteiger partial charge >= 0.3 is 0 Å². The summed E-state index contributed by atoms with van der Waals surface area (Å²) in [5, 5.41) is 6.16. The van der Waals surface area contributed by atoms with Crippen LogP contribution in [0.15, 0.2) is 10.8 Å². The predicted molar refractivity (Wildman–Crippen MR) is 82.9 cm³/mol. The third kappa shape index (κ3) is 3.03. The Morgan fingerprint density at radius 1 is 1.50 bits per heavy atom. The molecule has 1 atom stereocenters. The van der Waals surface area contributed by atoms with E-state index in [-0.39, 0.29) is 11.9 Å². The van der Waals surface area contributed by atoms with E-state index in [1.54, 1.807) is 0 Å². The number of nitrogens with one attached hydrogen (secondary N) is 2. The van der Waals surface area contributed by atoms with Gasteiger partial charge in [0.05, 0.1) is 0 Å². The van der Waals surface area contributed by atoms with Gasteiger partial charge in [-0.3, -0.25) is 4.79 Å². The van der Waals surface area contributed by atoms with Gasteiger partial charge in [0, 0.05) is 19.6 Å². The minimum Gasteiger partial charge on any atom is -0.369 e. The molecule has 2 heterocycles. The fourth-order valence-electron chi connectivity index (χ4n) is 2.30. The van der Waals surface area contributed by atoms with Crippen molar-refractivity contribution in [2.24, 2.45) is 0 Å². The summed E-state index contributed by atoms with van der Waals surface area (Å²) in [6, 6.07) is -0.172. The molecular weight excluding hydrogens is 322 g/mol. The molecule has 0 bridgehead atoms. The maximum absolute atomic E-state index is 12.0. The third-order valence-electron chi connectivity index (χ3n) is 3.30. The molecule has 110 valence electrons. The van der Waals surface area contributed by atoms with Gasteiger partial charge in [-0.25, -0.2) is 9.97 Å². The standard InChI is InChI=1S/C13H20BrN5O/c1-3-5-15-11-10(14)12(18-8-17-11)19-7-6-16-13(20)9(19)4-2/h8-9H,3-7H2,1-2H3,(H,16,20)(H,15,17,18). The Kier molecular flexibility index (Phi) is 5.17. The summed E-state index contributed by atoms with van der Waals surface area (Å²) in [4.78, 5) is 22.6. The van der Waals surface area contributed by atoms with E-state index in [0.29, 0.717) is 6.54 Å². The number of carbonyl (C=O) groups is 1. The fourth-order valence-corrected chi connectivity index (χ4v) is 2.87. The SMILES string of the molecule is CCCNc1ncnc(N2CCNC(=O)C2CC)c1Br. The molecule has 2 N–H and O–H groups in total. The smallest absolute Gasteiger partial charge is 0.242 e. The van der Waals surface area contributed by atoms with Gasteiger partial charge in [-0.2, -0.15) is 0 Å². The van der Waals surface area contributed by atoms with Gasteiger partial charge in [-0.15, -0.1) is 0 Å². The number of halogens is 1. The molecule has 1 aliphatic heterocycles. The van der Waals surface area contributed by atoms with Crippen molar-refractivity contribution in [3.8, 4) is 0 Å². The van der Waals surface area contributed by atoms with E-state index < -0.39 is 0 Å². The Labute approximate surface area is 127 Å². The molecule has 0 aliphatic carbocycles. The minimum atomic E-state index is -0.172. The van der Waals surface area contributed by atoms with Crippen LogP contribution in [0.1, 0.15) is 26.7 Å². The molecule has 20 heavy (non-hydrogen) atoms. The number of hydrogen-bond donors (Lipinski definition) is 2. The first-order valence-electron chi connectivity index (χ1n) is 6.97. The Balaban J connectivity index is 2.29. The molecule has 1 amide bonds. The van der Waals surface area contributed by atoms with Crippen LogP contribution >= 0.6 is 15.9 Å². The molecule has 7 heteroatoms. The number of amides is 1. The maximum Gasteiger partial charge on any atom is 0.242 e. The summed E-state index contributed by atoms with van der Waals surface area (Å²) in [5.74, 6) is 1.62. The second kappa shape index (κ2) is 6.88. The van der Waals surface area contributed by atoms with Crippen LogP contribution in [-0.4, -0.2) is 41.6 Å². The van der Waals surface area contributed by atoms with E-state index in [2.05, 4.69) is 43.5 Å². The van der Waals surface area contributed by atoms with E-state index >= 15 is 0 Å². The molecule has 0 spiro atoms. The highest BCUT2D eigenvalue weighted by molar-refractivity contribution is 9.10. The van der Waals surface area contributed by atoms with Crippen LogP contribution in [0.25, 0.3) is 0 Å². The topological polar surface area (TPSA) is 70.2 Å². The number of anilines is 2. The average molecular weight is 342 g/mol. The molecule has 1 unspecified atom stereocenters. The zero-order valence-corrected chi connectivity index (χ0v) is 13.4. The highest BCUT2D eigenvalue weighted by Gasteiger charge is 2.30. The summed E-state index contributed by atoms with van der Waals surface area (Å²) in [6.07, 6.45) is 3.31. The second-order valence-corrected chi connectivity index (χ2v) is 5.49. The van der Waals surface area contributed by atoms with Crippen molar-refractivity contribution in [2.75, 3.05) is 29.9 Å². The van der Waals surface area contributed by atoms with E-state index in [0.717, 1.165) is 42.0 Å². The molecule has 6 nitrogen and oxygen atoms in total. The molecule has 1 aromatic heterocycles. The van der Waals surface area contributed by atoms with Gasteiger partial charge in [-0.1, -0.05) is 13.8 Å². The Bertz CT molecular complexity index is 482. The quantitative estimate of drug-likeness (QED) is 0.854. The minimum absolute atomic E-state index is 0.0623. The summed E-state index contributed by atoms with van der Waals surface area (Å²) < 4.78 is 0.821. The van der Waals surface area contributed by atoms with Gasteiger partial charge in [0.1, 0.15) is 28.5 Å². The van der Waals surface area contributed by atoms with Gasteiger partial charge in [-0.05, 0) is 28.8 Å². The Morgan fingerprint density at radius 2 is 2.30 bits per heavy atom. The van der Waals surface area contributed by atoms with E-state index in [4.69, 9.17) is 0 Å². The van der Waals surface area contributed by atoms with E-state index in [1.165, 1.54) is 6.33 Å². The van der Waals surface area contributed by atoms with Crippen LogP contribution in [0.4, 0.5) is 11.6 Å². The van der Waals surface area contributed by atoms with Crippen molar-refractivity contribution < 1.29 is 4.79 Å². The first-order chi connectivity index (χ1) is 9.69. The van der Waals surface area contributed by atoms with Crippen LogP contribution in [0, 0.1) is 0 Å². The summed E-state index contributed by atoms with van der Waals surface area (Å²) in [6.45, 7) is 6.36. The van der Waals surface area contributed by atoms with E-state index in [1.807, 2.05) is 11.8 Å². The zero-order chi connectivity index (χ0) is 14.5. The molecule has 1 fully saturated rings. The van der Waals surface area contributed by atoms with Crippen molar-refractivity contribution in [2.45, 2.75) is 32.7 Å². The fraction of sp³-hybridized carbons (Fsp3) is 0.615. The summed E-state index contributed by atoms with van der Waals surface area (Å²) in [7, 11) is 0. The first kappa shape index (κ1) is 15.0. The van der Waals surface area contributed by atoms with Gasteiger partial charge in [0.25, 0.3) is 0 Å². The number of rotatable bonds is 5. The summed E-state index contributed by atoms with van der Waals surface area (Å²) >= 11 is 3.56. The largest absolute Gasteiger partial charge is 0.369 e. The van der Waals surface area contributed by atoms with Gasteiger partial charge in [0.2, 0.25) is 5.91 Å². The Morgan fingerprint density at radius 3 is 3.00 bits per heavy atom. The monoisotopic (exact) mass is 341 g/mol. The van der Waals surface area contributed by atoms with Crippen molar-refractivity contribution in [1.82, 2.24) is 15.3 Å². The first-order valence-corrected chi connectivity index (χ1v) is 7.77. The molecule has 0 aromatic carbocycles. The summed E-state index contributed by atoms with van der Waals surface area (Å²) in [5.41, 5.74) is 0. The molecular formula is C13H20BrN5O. The van der Waals surface area contributed by atoms with Crippen LogP contribution in [-0.2, 0) is 4.79 Å². The zero-order valence-electron chi connectivity index (χ0n) is 11.8.